The Labute approximate surface area is 161 Å². The van der Waals surface area contributed by atoms with Gasteiger partial charge in [0.05, 0.1) is 5.60 Å². The van der Waals surface area contributed by atoms with Crippen LogP contribution in [0.25, 0.3) is 0 Å². The van der Waals surface area contributed by atoms with Gasteiger partial charge in [0.25, 0.3) is 0 Å². The summed E-state index contributed by atoms with van der Waals surface area (Å²) in [5.74, 6) is 1.72. The fraction of sp³-hybridized carbons (Fsp3) is 0.545. The van der Waals surface area contributed by atoms with Crippen molar-refractivity contribution < 1.29 is 5.11 Å². The van der Waals surface area contributed by atoms with Gasteiger partial charge in [-0.15, -0.1) is 0 Å². The predicted molar refractivity (Wildman–Crippen MR) is 107 cm³/mol. The summed E-state index contributed by atoms with van der Waals surface area (Å²) >= 11 is 0. The molecule has 5 heteroatoms. The lowest BCUT2D eigenvalue weighted by Crippen LogP contribution is -2.44. The molecule has 0 amide bonds. The number of aliphatic hydroxyl groups is 1. The minimum Gasteiger partial charge on any atom is -0.390 e. The first-order valence-corrected chi connectivity index (χ1v) is 10.2. The quantitative estimate of drug-likeness (QED) is 0.820. The van der Waals surface area contributed by atoms with Crippen LogP contribution in [0.5, 0.6) is 0 Å². The molecule has 0 radical (unpaired) electrons. The Morgan fingerprint density at radius 3 is 2.67 bits per heavy atom. The van der Waals surface area contributed by atoms with Gasteiger partial charge in [-0.2, -0.15) is 0 Å². The van der Waals surface area contributed by atoms with Crippen LogP contribution in [0.1, 0.15) is 43.7 Å². The lowest BCUT2D eigenvalue weighted by Gasteiger charge is -2.40. The maximum Gasteiger partial charge on any atom is 0.222 e. The molecule has 2 aromatic rings. The number of fused-ring (bicyclic) bond motifs is 1. The molecule has 1 aliphatic carbocycles. The van der Waals surface area contributed by atoms with Crippen molar-refractivity contribution in [3.8, 4) is 0 Å². The third-order valence-corrected chi connectivity index (χ3v) is 6.41. The van der Waals surface area contributed by atoms with Crippen LogP contribution in [0.4, 0.5) is 5.95 Å². The number of nitrogens with zero attached hydrogens (tertiary/aromatic N) is 3. The summed E-state index contributed by atoms with van der Waals surface area (Å²) in [5, 5.41) is 14.2. The van der Waals surface area contributed by atoms with Crippen molar-refractivity contribution in [3.63, 3.8) is 0 Å². The van der Waals surface area contributed by atoms with Crippen molar-refractivity contribution in [1.29, 1.82) is 0 Å². The zero-order valence-electron chi connectivity index (χ0n) is 16.1. The Bertz CT molecular complexity index is 736. The average Bonchev–Trinajstić information content (AvgIpc) is 3.12. The van der Waals surface area contributed by atoms with E-state index in [1.807, 2.05) is 30.6 Å². The largest absolute Gasteiger partial charge is 0.390 e. The summed E-state index contributed by atoms with van der Waals surface area (Å²) < 4.78 is 0. The molecular weight excluding hydrogens is 336 g/mol. The molecule has 0 unspecified atom stereocenters. The molecule has 1 aromatic heterocycles. The monoisotopic (exact) mass is 366 g/mol. The fourth-order valence-corrected chi connectivity index (χ4v) is 4.85. The number of nitrogens with one attached hydrogen (secondary N) is 1. The topological polar surface area (TPSA) is 61.3 Å². The van der Waals surface area contributed by atoms with Gasteiger partial charge in [0.2, 0.25) is 5.95 Å². The first kappa shape index (κ1) is 18.4. The van der Waals surface area contributed by atoms with Crippen molar-refractivity contribution in [2.24, 2.45) is 11.8 Å². The summed E-state index contributed by atoms with van der Waals surface area (Å²) in [7, 11) is 0. The van der Waals surface area contributed by atoms with Crippen LogP contribution >= 0.6 is 0 Å². The maximum atomic E-state index is 11.0. The van der Waals surface area contributed by atoms with E-state index >= 15 is 0 Å². The zero-order chi connectivity index (χ0) is 18.7. The van der Waals surface area contributed by atoms with E-state index in [1.165, 1.54) is 12.0 Å². The van der Waals surface area contributed by atoms with E-state index in [0.29, 0.717) is 17.8 Å². The maximum absolute atomic E-state index is 11.0. The molecule has 0 spiro atoms. The Hall–Kier alpha value is -1.98. The van der Waals surface area contributed by atoms with E-state index in [4.69, 9.17) is 0 Å². The molecule has 2 fully saturated rings. The lowest BCUT2D eigenvalue weighted by molar-refractivity contribution is -0.0613. The van der Waals surface area contributed by atoms with Gasteiger partial charge < -0.3 is 10.4 Å². The van der Waals surface area contributed by atoms with Crippen molar-refractivity contribution >= 4 is 5.95 Å². The summed E-state index contributed by atoms with van der Waals surface area (Å²) in [6, 6.07) is 10.3. The van der Waals surface area contributed by atoms with Gasteiger partial charge in [0.15, 0.2) is 0 Å². The highest BCUT2D eigenvalue weighted by Gasteiger charge is 2.47. The lowest BCUT2D eigenvalue weighted by atomic mass is 9.69. The molecule has 2 N–H and O–H groups in total. The molecule has 0 bridgehead atoms. The molecular formula is C22H30N4O. The molecule has 1 aromatic carbocycles. The molecule has 3 atom stereocenters. The van der Waals surface area contributed by atoms with Gasteiger partial charge in [-0.1, -0.05) is 43.7 Å². The average molecular weight is 367 g/mol. The second-order valence-corrected chi connectivity index (χ2v) is 8.16. The number of anilines is 1. The third-order valence-electron chi connectivity index (χ3n) is 6.41. The normalized spacial score (nSPS) is 28.1. The van der Waals surface area contributed by atoms with Crippen LogP contribution in [-0.2, 0) is 13.1 Å². The van der Waals surface area contributed by atoms with Crippen LogP contribution in [0.15, 0.2) is 42.7 Å². The Kier molecular flexibility index (Phi) is 5.41. The van der Waals surface area contributed by atoms with E-state index in [9.17, 15) is 5.11 Å². The van der Waals surface area contributed by atoms with Crippen molar-refractivity contribution in [2.75, 3.05) is 18.4 Å². The molecule has 4 rings (SSSR count). The number of hydrogen-bond donors (Lipinski definition) is 2. The van der Waals surface area contributed by atoms with Gasteiger partial charge >= 0.3 is 0 Å². The van der Waals surface area contributed by atoms with Crippen LogP contribution in [0.3, 0.4) is 0 Å². The van der Waals surface area contributed by atoms with E-state index in [0.717, 1.165) is 51.0 Å². The standard InChI is InChI=1S/C22H30N4O/c1-2-22(27)10-6-9-19-15-26(16-20(19)22)14-18-12-24-21(25-13-18)23-11-17-7-4-3-5-8-17/h3-5,7-8,12-13,19-20,27H,2,6,9-11,14-16H2,1H3,(H,23,24,25)/t19-,20+,22-/m0/s1. The smallest absolute Gasteiger partial charge is 0.222 e. The van der Waals surface area contributed by atoms with Crippen LogP contribution in [-0.4, -0.2) is 38.7 Å². The van der Waals surface area contributed by atoms with Crippen molar-refractivity contribution in [1.82, 2.24) is 14.9 Å². The third kappa shape index (κ3) is 4.14. The van der Waals surface area contributed by atoms with Crippen LogP contribution in [0.2, 0.25) is 0 Å². The van der Waals surface area contributed by atoms with Crippen molar-refractivity contribution in [2.45, 2.75) is 51.3 Å². The van der Waals surface area contributed by atoms with Crippen LogP contribution in [0, 0.1) is 11.8 Å². The van der Waals surface area contributed by atoms with Gasteiger partial charge in [-0.25, -0.2) is 9.97 Å². The summed E-state index contributed by atoms with van der Waals surface area (Å²) in [4.78, 5) is 11.4. The molecule has 5 nitrogen and oxygen atoms in total. The number of likely N-dealkylation sites (tertiary alicyclic amines) is 1. The van der Waals surface area contributed by atoms with E-state index in [1.54, 1.807) is 0 Å². The summed E-state index contributed by atoms with van der Waals surface area (Å²) in [6.07, 6.45) is 8.09. The highest BCUT2D eigenvalue weighted by molar-refractivity contribution is 5.28. The Morgan fingerprint density at radius 1 is 1.15 bits per heavy atom. The SMILES string of the molecule is CC[C@]1(O)CCC[C@H]2CN(Cc3cnc(NCc4ccccc4)nc3)C[C@H]21. The van der Waals surface area contributed by atoms with Gasteiger partial charge in [-0.05, 0) is 30.7 Å². The van der Waals surface area contributed by atoms with E-state index < -0.39 is 5.60 Å². The van der Waals surface area contributed by atoms with Gasteiger partial charge in [0, 0.05) is 50.1 Å². The fourth-order valence-electron chi connectivity index (χ4n) is 4.85. The number of benzene rings is 1. The second kappa shape index (κ2) is 7.95. The Morgan fingerprint density at radius 2 is 1.93 bits per heavy atom. The Balaban J connectivity index is 1.32. The summed E-state index contributed by atoms with van der Waals surface area (Å²) in [5.41, 5.74) is 1.89. The van der Waals surface area contributed by atoms with Gasteiger partial charge in [0.1, 0.15) is 0 Å². The molecule has 144 valence electrons. The highest BCUT2D eigenvalue weighted by Crippen LogP contribution is 2.44. The number of rotatable bonds is 6. The second-order valence-electron chi connectivity index (χ2n) is 8.16. The number of aromatic nitrogens is 2. The summed E-state index contributed by atoms with van der Waals surface area (Å²) in [6.45, 7) is 5.79. The molecule has 2 heterocycles. The first-order chi connectivity index (χ1) is 13.2. The molecule has 2 aliphatic rings. The minimum absolute atomic E-state index is 0.420. The molecule has 1 aliphatic heterocycles. The highest BCUT2D eigenvalue weighted by atomic mass is 16.3. The van der Waals surface area contributed by atoms with E-state index in [-0.39, 0.29) is 0 Å². The predicted octanol–water partition coefficient (Wildman–Crippen LogP) is 3.46. The minimum atomic E-state index is -0.459. The van der Waals surface area contributed by atoms with E-state index in [2.05, 4.69) is 39.2 Å². The zero-order valence-corrected chi connectivity index (χ0v) is 16.1. The molecule has 1 saturated heterocycles. The number of hydrogen-bond acceptors (Lipinski definition) is 5. The molecule has 27 heavy (non-hydrogen) atoms. The first-order valence-electron chi connectivity index (χ1n) is 10.2. The van der Waals surface area contributed by atoms with Gasteiger partial charge in [-0.3, -0.25) is 4.90 Å². The van der Waals surface area contributed by atoms with Crippen LogP contribution < -0.4 is 5.32 Å². The molecule has 1 saturated carbocycles. The van der Waals surface area contributed by atoms with Crippen molar-refractivity contribution in [3.05, 3.63) is 53.9 Å².